The molecule has 0 bridgehead atoms. The van der Waals surface area contributed by atoms with Crippen LogP contribution in [0.4, 0.5) is 5.69 Å². The Bertz CT molecular complexity index is 959. The Morgan fingerprint density at radius 2 is 1.92 bits per heavy atom. The summed E-state index contributed by atoms with van der Waals surface area (Å²) in [5.41, 5.74) is 2.71. The van der Waals surface area contributed by atoms with Crippen LogP contribution in [-0.2, 0) is 6.54 Å². The summed E-state index contributed by atoms with van der Waals surface area (Å²) in [6.45, 7) is 4.68. The van der Waals surface area contributed by atoms with E-state index in [-0.39, 0.29) is 5.88 Å². The molecule has 6 heteroatoms. The molecule has 1 N–H and O–H groups in total. The summed E-state index contributed by atoms with van der Waals surface area (Å²) in [4.78, 5) is 12.2. The van der Waals surface area contributed by atoms with Gasteiger partial charge in [-0.1, -0.05) is 34.5 Å². The highest BCUT2D eigenvalue weighted by molar-refractivity contribution is 9.10. The fourth-order valence-corrected chi connectivity index (χ4v) is 3.00. The van der Waals surface area contributed by atoms with E-state index in [1.165, 1.54) is 0 Å². The van der Waals surface area contributed by atoms with Gasteiger partial charge in [0.1, 0.15) is 0 Å². The maximum Gasteiger partial charge on any atom is 0.295 e. The molecule has 0 radical (unpaired) electrons. The van der Waals surface area contributed by atoms with Crippen molar-refractivity contribution in [1.29, 1.82) is 0 Å². The lowest BCUT2D eigenvalue weighted by molar-refractivity contribution is 0.0995. The first-order chi connectivity index (χ1) is 12.0. The zero-order valence-corrected chi connectivity index (χ0v) is 15.6. The van der Waals surface area contributed by atoms with Gasteiger partial charge in [-0.15, -0.1) is 10.2 Å². The zero-order chi connectivity index (χ0) is 18.0. The number of benzene rings is 2. The van der Waals surface area contributed by atoms with Crippen molar-refractivity contribution in [2.75, 3.05) is 0 Å². The number of hydrogen-bond donors (Lipinski definition) is 1. The molecule has 1 aromatic heterocycles. The summed E-state index contributed by atoms with van der Waals surface area (Å²) in [5, 5.41) is 19.2. The van der Waals surface area contributed by atoms with Crippen molar-refractivity contribution >= 4 is 38.4 Å². The third-order valence-corrected chi connectivity index (χ3v) is 4.47. The molecular weight excluding hydrogens is 382 g/mol. The number of aryl methyl sites for hydroxylation is 2. The fraction of sp³-hybridized carbons (Fsp3) is 0.211. The Morgan fingerprint density at radius 3 is 2.60 bits per heavy atom. The molecule has 25 heavy (non-hydrogen) atoms. The number of carbonyl (C=O) groups excluding carboxylic acids is 1. The van der Waals surface area contributed by atoms with Crippen LogP contribution in [0.2, 0.25) is 0 Å². The number of hydrogen-bond acceptors (Lipinski definition) is 3. The van der Waals surface area contributed by atoms with Gasteiger partial charge in [0, 0.05) is 22.0 Å². The van der Waals surface area contributed by atoms with Gasteiger partial charge in [-0.25, -0.2) is 0 Å². The highest BCUT2D eigenvalue weighted by Gasteiger charge is 2.17. The first-order valence-electron chi connectivity index (χ1n) is 8.04. The van der Waals surface area contributed by atoms with Gasteiger partial charge in [0.25, 0.3) is 5.91 Å². The van der Waals surface area contributed by atoms with Crippen molar-refractivity contribution in [3.8, 4) is 5.88 Å². The third-order valence-electron chi connectivity index (χ3n) is 3.94. The van der Waals surface area contributed by atoms with Crippen LogP contribution >= 0.6 is 15.9 Å². The van der Waals surface area contributed by atoms with Gasteiger partial charge in [0.05, 0.1) is 5.52 Å². The number of fused-ring (bicyclic) bond motifs is 1. The quantitative estimate of drug-likeness (QED) is 0.567. The molecule has 0 aliphatic heterocycles. The van der Waals surface area contributed by atoms with Gasteiger partial charge in [-0.3, -0.25) is 4.79 Å². The van der Waals surface area contributed by atoms with E-state index in [4.69, 9.17) is 0 Å². The van der Waals surface area contributed by atoms with E-state index in [0.717, 1.165) is 27.4 Å². The topological polar surface area (TPSA) is 66.9 Å². The first kappa shape index (κ1) is 17.4. The van der Waals surface area contributed by atoms with Gasteiger partial charge >= 0.3 is 0 Å². The number of nitrogens with zero attached hydrogens (tertiary/aromatic N) is 3. The van der Waals surface area contributed by atoms with Crippen molar-refractivity contribution < 1.29 is 9.90 Å². The summed E-state index contributed by atoms with van der Waals surface area (Å²) >= 11 is 3.33. The maximum absolute atomic E-state index is 12.2. The Balaban J connectivity index is 2.03. The van der Waals surface area contributed by atoms with Crippen molar-refractivity contribution in [3.63, 3.8) is 0 Å². The van der Waals surface area contributed by atoms with E-state index in [0.29, 0.717) is 17.8 Å². The number of aromatic hydroxyl groups is 1. The first-order valence-corrected chi connectivity index (χ1v) is 8.84. The molecule has 0 aliphatic rings. The van der Waals surface area contributed by atoms with Gasteiger partial charge < -0.3 is 9.67 Å². The van der Waals surface area contributed by atoms with E-state index >= 15 is 0 Å². The molecule has 0 atom stereocenters. The lowest BCUT2D eigenvalue weighted by Crippen LogP contribution is -1.95. The minimum absolute atomic E-state index is 0.0369. The molecule has 0 aliphatic carbocycles. The van der Waals surface area contributed by atoms with Crippen molar-refractivity contribution in [2.24, 2.45) is 10.2 Å². The summed E-state index contributed by atoms with van der Waals surface area (Å²) in [6, 6.07) is 12.8. The van der Waals surface area contributed by atoms with Crippen LogP contribution < -0.4 is 0 Å². The molecule has 0 saturated heterocycles. The Hall–Kier alpha value is -2.47. The molecule has 3 aromatic rings. The van der Waals surface area contributed by atoms with E-state index in [9.17, 15) is 9.90 Å². The van der Waals surface area contributed by atoms with Gasteiger partial charge in [-0.05, 0) is 49.7 Å². The summed E-state index contributed by atoms with van der Waals surface area (Å²) in [7, 11) is 0. The third kappa shape index (κ3) is 3.49. The predicted octanol–water partition coefficient (Wildman–Crippen LogP) is 5.75. The maximum atomic E-state index is 12.2. The van der Waals surface area contributed by atoms with Crippen molar-refractivity contribution in [3.05, 3.63) is 58.1 Å². The monoisotopic (exact) mass is 399 g/mol. The predicted molar refractivity (Wildman–Crippen MR) is 102 cm³/mol. The highest BCUT2D eigenvalue weighted by atomic mass is 79.9. The highest BCUT2D eigenvalue weighted by Crippen LogP contribution is 2.39. The summed E-state index contributed by atoms with van der Waals surface area (Å²) in [5.74, 6) is -0.411. The molecule has 0 spiro atoms. The molecule has 1 heterocycles. The molecule has 1 amide bonds. The van der Waals surface area contributed by atoms with Crippen molar-refractivity contribution in [2.45, 2.75) is 26.8 Å². The SMILES string of the molecule is CCCn1c(O)c(N=NC(=O)c2ccc(Br)cc2)c2cc(C)ccc21. The standard InChI is InChI=1S/C19H18BrN3O2/c1-3-10-23-16-9-4-12(2)11-15(16)17(19(23)25)21-22-18(24)13-5-7-14(20)8-6-13/h4-9,11,25H,3,10H2,1-2H3. The van der Waals surface area contributed by atoms with Crippen LogP contribution in [0.3, 0.4) is 0 Å². The van der Waals surface area contributed by atoms with Crippen LogP contribution in [0.15, 0.2) is 57.2 Å². The van der Waals surface area contributed by atoms with Gasteiger partial charge in [0.15, 0.2) is 5.69 Å². The molecule has 2 aromatic carbocycles. The largest absolute Gasteiger partial charge is 0.493 e. The lowest BCUT2D eigenvalue weighted by Gasteiger charge is -2.04. The van der Waals surface area contributed by atoms with E-state index in [1.54, 1.807) is 28.8 Å². The molecular formula is C19H18BrN3O2. The van der Waals surface area contributed by atoms with Gasteiger partial charge in [0.2, 0.25) is 5.88 Å². The summed E-state index contributed by atoms with van der Waals surface area (Å²) < 4.78 is 2.68. The van der Waals surface area contributed by atoms with Crippen LogP contribution in [0.5, 0.6) is 5.88 Å². The molecule has 0 fully saturated rings. The zero-order valence-electron chi connectivity index (χ0n) is 14.0. The fourth-order valence-electron chi connectivity index (χ4n) is 2.73. The van der Waals surface area contributed by atoms with E-state index in [2.05, 4.69) is 26.2 Å². The van der Waals surface area contributed by atoms with Crippen molar-refractivity contribution in [1.82, 2.24) is 4.57 Å². The average Bonchev–Trinajstić information content (AvgIpc) is 2.85. The second-order valence-corrected chi connectivity index (χ2v) is 6.77. The summed E-state index contributed by atoms with van der Waals surface area (Å²) in [6.07, 6.45) is 0.875. The number of rotatable bonds is 4. The van der Waals surface area contributed by atoms with Crippen LogP contribution in [-0.4, -0.2) is 15.6 Å². The minimum Gasteiger partial charge on any atom is -0.493 e. The van der Waals surface area contributed by atoms with Gasteiger partial charge in [-0.2, -0.15) is 0 Å². The number of azo groups is 1. The second-order valence-electron chi connectivity index (χ2n) is 5.86. The normalized spacial score (nSPS) is 11.5. The number of carbonyl (C=O) groups is 1. The Labute approximate surface area is 154 Å². The number of amides is 1. The average molecular weight is 400 g/mol. The van der Waals surface area contributed by atoms with E-state index in [1.807, 2.05) is 32.0 Å². The molecule has 0 unspecified atom stereocenters. The number of halogens is 1. The molecule has 3 rings (SSSR count). The molecule has 128 valence electrons. The smallest absolute Gasteiger partial charge is 0.295 e. The lowest BCUT2D eigenvalue weighted by atomic mass is 10.1. The second kappa shape index (κ2) is 7.19. The molecule has 5 nitrogen and oxygen atoms in total. The van der Waals surface area contributed by atoms with Crippen LogP contribution in [0, 0.1) is 6.92 Å². The van der Waals surface area contributed by atoms with E-state index < -0.39 is 5.91 Å². The molecule has 0 saturated carbocycles. The Morgan fingerprint density at radius 1 is 1.20 bits per heavy atom. The van der Waals surface area contributed by atoms with Crippen LogP contribution in [0.25, 0.3) is 10.9 Å². The Kier molecular flexibility index (Phi) is 4.99. The number of aromatic nitrogens is 1. The van der Waals surface area contributed by atoms with Crippen LogP contribution in [0.1, 0.15) is 29.3 Å². The minimum atomic E-state index is -0.448.